The van der Waals surface area contributed by atoms with E-state index in [1.807, 2.05) is 46.0 Å². The lowest BCUT2D eigenvalue weighted by molar-refractivity contribution is 0.0322. The third kappa shape index (κ3) is 5.74. The Morgan fingerprint density at radius 3 is 2.94 bits per heavy atom. The summed E-state index contributed by atoms with van der Waals surface area (Å²) in [6.45, 7) is 6.54. The summed E-state index contributed by atoms with van der Waals surface area (Å²) in [4.78, 5) is 26.4. The van der Waals surface area contributed by atoms with Crippen LogP contribution in [0.4, 0.5) is 0 Å². The van der Waals surface area contributed by atoms with Crippen LogP contribution in [0, 0.1) is 5.92 Å². The Morgan fingerprint density at radius 2 is 2.03 bits per heavy atom. The minimum absolute atomic E-state index is 0.0947. The van der Waals surface area contributed by atoms with E-state index in [1.165, 1.54) is 0 Å². The average Bonchev–Trinajstić information content (AvgIpc) is 3.22. The number of nitrogens with zero attached hydrogens (tertiary/aromatic N) is 5. The summed E-state index contributed by atoms with van der Waals surface area (Å²) in [7, 11) is 0. The van der Waals surface area contributed by atoms with Crippen LogP contribution in [-0.2, 0) is 11.2 Å². The number of benzene rings is 1. The van der Waals surface area contributed by atoms with E-state index in [-0.39, 0.29) is 5.91 Å². The molecular formula is C26H33N5O3. The number of ether oxygens (including phenoxy) is 2. The fourth-order valence-corrected chi connectivity index (χ4v) is 4.86. The largest absolute Gasteiger partial charge is 0.492 e. The van der Waals surface area contributed by atoms with Gasteiger partial charge in [-0.2, -0.15) is 0 Å². The summed E-state index contributed by atoms with van der Waals surface area (Å²) < 4.78 is 13.4. The molecule has 1 amide bonds. The Hall–Kier alpha value is -2.97. The molecule has 2 fully saturated rings. The van der Waals surface area contributed by atoms with E-state index in [0.29, 0.717) is 18.1 Å². The Balaban J connectivity index is 1.13. The number of carbonyl (C=O) groups excluding carboxylic acids is 1. The van der Waals surface area contributed by atoms with Gasteiger partial charge in [0.2, 0.25) is 0 Å². The smallest absolute Gasteiger partial charge is 0.253 e. The van der Waals surface area contributed by atoms with Crippen LogP contribution in [0.1, 0.15) is 35.3 Å². The Kier molecular flexibility index (Phi) is 7.36. The summed E-state index contributed by atoms with van der Waals surface area (Å²) in [5.74, 6) is 1.38. The first-order chi connectivity index (χ1) is 16.7. The van der Waals surface area contributed by atoms with Crippen molar-refractivity contribution in [3.05, 3.63) is 60.3 Å². The first-order valence-electron chi connectivity index (χ1n) is 12.3. The zero-order valence-electron chi connectivity index (χ0n) is 19.6. The molecule has 0 spiro atoms. The number of hydrogen-bond donors (Lipinski definition) is 0. The highest BCUT2D eigenvalue weighted by molar-refractivity contribution is 5.94. The number of fused-ring (bicyclic) bond motifs is 1. The third-order valence-corrected chi connectivity index (χ3v) is 6.83. The zero-order chi connectivity index (χ0) is 23.2. The summed E-state index contributed by atoms with van der Waals surface area (Å²) in [5, 5.41) is 0. The van der Waals surface area contributed by atoms with Crippen molar-refractivity contribution in [2.45, 2.75) is 25.7 Å². The maximum absolute atomic E-state index is 13.2. The zero-order valence-corrected chi connectivity index (χ0v) is 19.6. The molecule has 2 aliphatic heterocycles. The molecule has 1 aromatic carbocycles. The second-order valence-corrected chi connectivity index (χ2v) is 9.19. The minimum atomic E-state index is 0.0947. The number of rotatable bonds is 7. The molecule has 5 rings (SSSR count). The number of aromatic nitrogens is 3. The van der Waals surface area contributed by atoms with Gasteiger partial charge in [-0.3, -0.25) is 14.7 Å². The topological polar surface area (TPSA) is 72.2 Å². The van der Waals surface area contributed by atoms with E-state index in [1.54, 1.807) is 6.20 Å². The Morgan fingerprint density at radius 1 is 1.12 bits per heavy atom. The number of hydrogen-bond acceptors (Lipinski definition) is 6. The van der Waals surface area contributed by atoms with E-state index in [9.17, 15) is 4.79 Å². The maximum Gasteiger partial charge on any atom is 0.253 e. The number of likely N-dealkylation sites (tertiary alicyclic amines) is 1. The van der Waals surface area contributed by atoms with Gasteiger partial charge in [0.25, 0.3) is 5.91 Å². The van der Waals surface area contributed by atoms with Crippen molar-refractivity contribution in [3.63, 3.8) is 0 Å². The molecule has 3 aromatic rings. The van der Waals surface area contributed by atoms with Gasteiger partial charge in [0, 0.05) is 56.9 Å². The maximum atomic E-state index is 13.2. The van der Waals surface area contributed by atoms with Gasteiger partial charge >= 0.3 is 0 Å². The molecule has 0 radical (unpaired) electrons. The highest BCUT2D eigenvalue weighted by atomic mass is 16.5. The van der Waals surface area contributed by atoms with E-state index in [2.05, 4.69) is 21.1 Å². The monoisotopic (exact) mass is 463 g/mol. The Bertz CT molecular complexity index is 1090. The van der Waals surface area contributed by atoms with Crippen LogP contribution in [0.2, 0.25) is 0 Å². The van der Waals surface area contributed by atoms with Gasteiger partial charge in [-0.05, 0) is 49.8 Å². The molecule has 0 aliphatic carbocycles. The van der Waals surface area contributed by atoms with E-state index in [4.69, 9.17) is 9.47 Å². The molecule has 2 aliphatic rings. The van der Waals surface area contributed by atoms with E-state index in [0.717, 1.165) is 88.7 Å². The molecule has 1 atom stereocenters. The van der Waals surface area contributed by atoms with Crippen molar-refractivity contribution in [1.82, 2.24) is 24.2 Å². The molecule has 34 heavy (non-hydrogen) atoms. The summed E-state index contributed by atoms with van der Waals surface area (Å²) in [5.41, 5.74) is 2.65. The number of morpholine rings is 1. The molecule has 180 valence electrons. The molecule has 4 heterocycles. The normalized spacial score (nSPS) is 19.8. The SMILES string of the molecule is O=C(c1cccc(OCCN2CCOCC2)c1)N1CCCC(Cc2cn3ccnc3cn2)CC1. The fraction of sp³-hybridized carbons (Fsp3) is 0.500. The highest BCUT2D eigenvalue weighted by Gasteiger charge is 2.22. The lowest BCUT2D eigenvalue weighted by Crippen LogP contribution is -2.38. The predicted molar refractivity (Wildman–Crippen MR) is 129 cm³/mol. The molecule has 2 aromatic heterocycles. The van der Waals surface area contributed by atoms with E-state index >= 15 is 0 Å². The van der Waals surface area contributed by atoms with Crippen molar-refractivity contribution < 1.29 is 14.3 Å². The molecule has 0 bridgehead atoms. The fourth-order valence-electron chi connectivity index (χ4n) is 4.86. The molecule has 0 saturated carbocycles. The van der Waals surface area contributed by atoms with Gasteiger partial charge in [-0.25, -0.2) is 4.98 Å². The third-order valence-electron chi connectivity index (χ3n) is 6.83. The van der Waals surface area contributed by atoms with Gasteiger partial charge < -0.3 is 18.8 Å². The number of carbonyl (C=O) groups is 1. The van der Waals surface area contributed by atoms with Gasteiger partial charge in [-0.1, -0.05) is 6.07 Å². The molecule has 1 unspecified atom stereocenters. The van der Waals surface area contributed by atoms with Gasteiger partial charge in [0.05, 0.1) is 25.1 Å². The first-order valence-corrected chi connectivity index (χ1v) is 12.3. The molecule has 0 N–H and O–H groups in total. The second-order valence-electron chi connectivity index (χ2n) is 9.19. The molecule has 2 saturated heterocycles. The minimum Gasteiger partial charge on any atom is -0.492 e. The molecule has 8 heteroatoms. The van der Waals surface area contributed by atoms with Crippen LogP contribution in [0.25, 0.3) is 5.65 Å². The molecular weight excluding hydrogens is 430 g/mol. The average molecular weight is 464 g/mol. The van der Waals surface area contributed by atoms with Gasteiger partial charge in [0.15, 0.2) is 5.65 Å². The van der Waals surface area contributed by atoms with Crippen molar-refractivity contribution >= 4 is 11.6 Å². The lowest BCUT2D eigenvalue weighted by Gasteiger charge is -2.26. The van der Waals surface area contributed by atoms with Crippen LogP contribution in [-0.4, -0.2) is 82.6 Å². The van der Waals surface area contributed by atoms with Crippen molar-refractivity contribution in [2.75, 3.05) is 52.5 Å². The van der Waals surface area contributed by atoms with E-state index < -0.39 is 0 Å². The van der Waals surface area contributed by atoms with Crippen molar-refractivity contribution in [1.29, 1.82) is 0 Å². The highest BCUT2D eigenvalue weighted by Crippen LogP contribution is 2.23. The van der Waals surface area contributed by atoms with Crippen molar-refractivity contribution in [3.8, 4) is 5.75 Å². The number of imidazole rings is 1. The van der Waals surface area contributed by atoms with Crippen LogP contribution in [0.3, 0.4) is 0 Å². The standard InChI is InChI=1S/C26H33N5O3/c32-26(22-4-1-5-24(18-22)34-16-13-29-11-14-33-15-12-29)30-8-2-3-21(6-9-30)17-23-20-31-10-7-27-25(31)19-28-23/h1,4-5,7,10,18-21H,2-3,6,8-9,11-17H2. The summed E-state index contributed by atoms with van der Waals surface area (Å²) >= 11 is 0. The second kappa shape index (κ2) is 11.0. The van der Waals surface area contributed by atoms with Crippen LogP contribution in [0.15, 0.2) is 49.1 Å². The first kappa shape index (κ1) is 22.8. The van der Waals surface area contributed by atoms with Gasteiger partial charge in [-0.15, -0.1) is 0 Å². The van der Waals surface area contributed by atoms with Crippen LogP contribution < -0.4 is 4.74 Å². The predicted octanol–water partition coefficient (Wildman–Crippen LogP) is 2.93. The number of amides is 1. The van der Waals surface area contributed by atoms with Crippen molar-refractivity contribution in [2.24, 2.45) is 5.92 Å². The summed E-state index contributed by atoms with van der Waals surface area (Å²) in [6, 6.07) is 7.62. The van der Waals surface area contributed by atoms with Crippen LogP contribution in [0.5, 0.6) is 5.75 Å². The quantitative estimate of drug-likeness (QED) is 0.537. The Labute approximate surface area is 200 Å². The van der Waals surface area contributed by atoms with Crippen LogP contribution >= 0.6 is 0 Å². The molecule has 8 nitrogen and oxygen atoms in total. The summed E-state index contributed by atoms with van der Waals surface area (Å²) in [6.07, 6.45) is 11.7. The van der Waals surface area contributed by atoms with Gasteiger partial charge in [0.1, 0.15) is 12.4 Å². The lowest BCUT2D eigenvalue weighted by atomic mass is 9.95.